The Morgan fingerprint density at radius 3 is 1.52 bits per heavy atom. The van der Waals surface area contributed by atoms with Gasteiger partial charge in [0.1, 0.15) is 5.76 Å². The third-order valence-electron chi connectivity index (χ3n) is 4.52. The van der Waals surface area contributed by atoms with Gasteiger partial charge in [0.25, 0.3) is 0 Å². The molecule has 1 heterocycles. The molecule has 1 aliphatic rings. The largest absolute Gasteiger partial charge is 0.480 e. The molecule has 0 atom stereocenters. The van der Waals surface area contributed by atoms with Crippen LogP contribution in [0.4, 0.5) is 0 Å². The van der Waals surface area contributed by atoms with E-state index in [1.54, 1.807) is 0 Å². The maximum absolute atomic E-state index is 6.46. The fraction of sp³-hybridized carbons (Fsp3) is 0.300. The van der Waals surface area contributed by atoms with Gasteiger partial charge in [-0.2, -0.15) is 0 Å². The molecule has 0 bridgehead atoms. The summed E-state index contributed by atoms with van der Waals surface area (Å²) in [6.45, 7) is 8.80. The lowest BCUT2D eigenvalue weighted by Gasteiger charge is -2.58. The summed E-state index contributed by atoms with van der Waals surface area (Å²) in [5, 5.41) is 0. The maximum atomic E-state index is 6.46. The van der Waals surface area contributed by atoms with Crippen molar-refractivity contribution in [2.75, 3.05) is 0 Å². The molecule has 0 unspecified atom stereocenters. The lowest BCUT2D eigenvalue weighted by molar-refractivity contribution is -0.174. The monoisotopic (exact) mass is 278 g/mol. The molecule has 1 nitrogen and oxygen atoms in total. The smallest absolute Gasteiger partial charge is 0.171 e. The van der Waals surface area contributed by atoms with Gasteiger partial charge in [-0.15, -0.1) is 0 Å². The molecule has 0 aliphatic carbocycles. The third-order valence-corrected chi connectivity index (χ3v) is 4.52. The van der Waals surface area contributed by atoms with E-state index in [1.165, 1.54) is 16.7 Å². The highest BCUT2D eigenvalue weighted by molar-refractivity contribution is 5.47. The van der Waals surface area contributed by atoms with Crippen LogP contribution < -0.4 is 0 Å². The lowest BCUT2D eigenvalue weighted by atomic mass is 9.60. The second-order valence-electron chi connectivity index (χ2n) is 6.47. The fourth-order valence-electron chi connectivity index (χ4n) is 3.60. The third kappa shape index (κ3) is 1.84. The summed E-state index contributed by atoms with van der Waals surface area (Å²) in [5.74, 6) is 1.11. The zero-order valence-electron chi connectivity index (χ0n) is 13.2. The van der Waals surface area contributed by atoms with Gasteiger partial charge in [0.2, 0.25) is 0 Å². The average Bonchev–Trinajstić information content (AvgIpc) is 2.48. The summed E-state index contributed by atoms with van der Waals surface area (Å²) in [4.78, 5) is 0. The first-order chi connectivity index (χ1) is 10.00. The van der Waals surface area contributed by atoms with Gasteiger partial charge < -0.3 is 4.74 Å². The van der Waals surface area contributed by atoms with E-state index in [0.717, 1.165) is 5.76 Å². The van der Waals surface area contributed by atoms with Gasteiger partial charge in [0.15, 0.2) is 5.60 Å². The van der Waals surface area contributed by atoms with Crippen molar-refractivity contribution in [3.63, 3.8) is 0 Å². The Morgan fingerprint density at radius 1 is 0.762 bits per heavy atom. The molecule has 1 aliphatic heterocycles. The first-order valence-electron chi connectivity index (χ1n) is 7.48. The molecule has 1 fully saturated rings. The fourth-order valence-corrected chi connectivity index (χ4v) is 3.60. The maximum Gasteiger partial charge on any atom is 0.171 e. The van der Waals surface area contributed by atoms with Crippen molar-refractivity contribution in [2.45, 2.75) is 33.3 Å². The second kappa shape index (κ2) is 4.77. The number of allylic oxidation sites excluding steroid dienone is 1. The molecule has 2 aromatic carbocycles. The Hall–Kier alpha value is -2.02. The number of hydrogen-bond acceptors (Lipinski definition) is 1. The van der Waals surface area contributed by atoms with Crippen LogP contribution in [0.1, 0.15) is 38.8 Å². The molecule has 0 N–H and O–H groups in total. The van der Waals surface area contributed by atoms with Gasteiger partial charge in [-0.3, -0.25) is 0 Å². The highest BCUT2D eigenvalue weighted by Gasteiger charge is 2.62. The Balaban J connectivity index is 2.23. The standard InChI is InChI=1S/C20H22O/c1-15(2)18-19(3,4)20(21-18,16-11-7-5-8-12-16)17-13-9-6-10-14-17/h5-14H,1-4H3. The van der Waals surface area contributed by atoms with Crippen LogP contribution in [0, 0.1) is 5.41 Å². The summed E-state index contributed by atoms with van der Waals surface area (Å²) in [6, 6.07) is 21.1. The van der Waals surface area contributed by atoms with Crippen LogP contribution in [-0.4, -0.2) is 0 Å². The minimum atomic E-state index is -0.401. The van der Waals surface area contributed by atoms with Crippen molar-refractivity contribution in [3.05, 3.63) is 83.1 Å². The Kier molecular flexibility index (Phi) is 3.16. The quantitative estimate of drug-likeness (QED) is 0.726. The molecule has 21 heavy (non-hydrogen) atoms. The molecule has 0 aromatic heterocycles. The van der Waals surface area contributed by atoms with E-state index >= 15 is 0 Å². The molecule has 108 valence electrons. The minimum Gasteiger partial charge on any atom is -0.480 e. The van der Waals surface area contributed by atoms with Gasteiger partial charge in [0.05, 0.1) is 5.41 Å². The van der Waals surface area contributed by atoms with Crippen molar-refractivity contribution >= 4 is 0 Å². The summed E-state index contributed by atoms with van der Waals surface area (Å²) < 4.78 is 6.46. The molecular formula is C20H22O. The Morgan fingerprint density at radius 2 is 1.19 bits per heavy atom. The number of ether oxygens (including phenoxy) is 1. The van der Waals surface area contributed by atoms with Crippen LogP contribution in [0.25, 0.3) is 0 Å². The van der Waals surface area contributed by atoms with Crippen LogP contribution in [-0.2, 0) is 10.3 Å². The van der Waals surface area contributed by atoms with Crippen LogP contribution in [0.5, 0.6) is 0 Å². The molecule has 0 amide bonds. The predicted octanol–water partition coefficient (Wildman–Crippen LogP) is 5.28. The summed E-state index contributed by atoms with van der Waals surface area (Å²) in [6.07, 6.45) is 0. The zero-order chi connectivity index (χ0) is 15.1. The Bertz CT molecular complexity index is 622. The van der Waals surface area contributed by atoms with Crippen molar-refractivity contribution < 1.29 is 4.74 Å². The van der Waals surface area contributed by atoms with Crippen molar-refractivity contribution in [1.82, 2.24) is 0 Å². The van der Waals surface area contributed by atoms with Gasteiger partial charge in [-0.1, -0.05) is 60.7 Å². The number of hydrogen-bond donors (Lipinski definition) is 0. The van der Waals surface area contributed by atoms with E-state index in [-0.39, 0.29) is 5.41 Å². The van der Waals surface area contributed by atoms with Crippen molar-refractivity contribution in [1.29, 1.82) is 0 Å². The molecular weight excluding hydrogens is 256 g/mol. The van der Waals surface area contributed by atoms with Crippen LogP contribution in [0.3, 0.4) is 0 Å². The first kappa shape index (κ1) is 13.9. The van der Waals surface area contributed by atoms with E-state index < -0.39 is 5.60 Å². The Labute approximate surface area is 127 Å². The number of rotatable bonds is 2. The topological polar surface area (TPSA) is 9.23 Å². The van der Waals surface area contributed by atoms with E-state index in [1.807, 2.05) is 0 Å². The molecule has 3 rings (SSSR count). The van der Waals surface area contributed by atoms with Crippen LogP contribution >= 0.6 is 0 Å². The first-order valence-corrected chi connectivity index (χ1v) is 7.48. The van der Waals surface area contributed by atoms with Gasteiger partial charge in [-0.05, 0) is 33.3 Å². The lowest BCUT2D eigenvalue weighted by Crippen LogP contribution is -2.56. The van der Waals surface area contributed by atoms with Crippen LogP contribution in [0.15, 0.2) is 72.0 Å². The molecule has 0 spiro atoms. The molecule has 1 heteroatoms. The van der Waals surface area contributed by atoms with Crippen molar-refractivity contribution in [3.8, 4) is 0 Å². The highest BCUT2D eigenvalue weighted by atomic mass is 16.5. The van der Waals surface area contributed by atoms with Gasteiger partial charge in [-0.25, -0.2) is 0 Å². The second-order valence-corrected chi connectivity index (χ2v) is 6.47. The molecule has 1 saturated heterocycles. The van der Waals surface area contributed by atoms with E-state index in [4.69, 9.17) is 4.74 Å². The average molecular weight is 278 g/mol. The van der Waals surface area contributed by atoms with E-state index in [0.29, 0.717) is 0 Å². The minimum absolute atomic E-state index is 0.0610. The summed E-state index contributed by atoms with van der Waals surface area (Å²) in [7, 11) is 0. The van der Waals surface area contributed by atoms with E-state index in [2.05, 4.69) is 88.4 Å². The van der Waals surface area contributed by atoms with Crippen molar-refractivity contribution in [2.24, 2.45) is 5.41 Å². The van der Waals surface area contributed by atoms with Gasteiger partial charge in [0, 0.05) is 11.1 Å². The number of benzene rings is 2. The SMILES string of the molecule is CC(C)=C1OC(c2ccccc2)(c2ccccc2)C1(C)C. The molecule has 2 aromatic rings. The van der Waals surface area contributed by atoms with Crippen LogP contribution in [0.2, 0.25) is 0 Å². The highest BCUT2D eigenvalue weighted by Crippen LogP contribution is 2.62. The van der Waals surface area contributed by atoms with E-state index in [9.17, 15) is 0 Å². The predicted molar refractivity (Wildman–Crippen MR) is 86.9 cm³/mol. The normalized spacial score (nSPS) is 18.6. The summed E-state index contributed by atoms with van der Waals surface area (Å²) >= 11 is 0. The van der Waals surface area contributed by atoms with Gasteiger partial charge >= 0.3 is 0 Å². The molecule has 0 radical (unpaired) electrons. The summed E-state index contributed by atoms with van der Waals surface area (Å²) in [5.41, 5.74) is 3.22. The molecule has 0 saturated carbocycles. The zero-order valence-corrected chi connectivity index (χ0v) is 13.2.